The van der Waals surface area contributed by atoms with Crippen LogP contribution >= 0.6 is 0 Å². The monoisotopic (exact) mass is 445 g/mol. The SMILES string of the molecule is COC(=O)C(C1CCC(=O)CC1)N(C)S(=O)(=O)c1ccc(-c2ccc(OC)cc2)cc1. The van der Waals surface area contributed by atoms with Crippen molar-refractivity contribution in [3.05, 3.63) is 48.5 Å². The van der Waals surface area contributed by atoms with Gasteiger partial charge in [0.05, 0.1) is 19.1 Å². The van der Waals surface area contributed by atoms with Crippen LogP contribution in [0.5, 0.6) is 5.75 Å². The van der Waals surface area contributed by atoms with E-state index in [4.69, 9.17) is 9.47 Å². The minimum Gasteiger partial charge on any atom is -0.497 e. The van der Waals surface area contributed by atoms with Crippen LogP contribution in [0.3, 0.4) is 0 Å². The van der Waals surface area contributed by atoms with Crippen molar-refractivity contribution in [2.45, 2.75) is 36.6 Å². The first-order chi connectivity index (χ1) is 14.8. The number of sulfonamides is 1. The Bertz CT molecular complexity index is 1020. The first-order valence-electron chi connectivity index (χ1n) is 10.1. The average molecular weight is 446 g/mol. The number of ether oxygens (including phenoxy) is 2. The van der Waals surface area contributed by atoms with Crippen molar-refractivity contribution in [1.29, 1.82) is 0 Å². The van der Waals surface area contributed by atoms with Gasteiger partial charge < -0.3 is 9.47 Å². The maximum atomic E-state index is 13.3. The van der Waals surface area contributed by atoms with Gasteiger partial charge in [0.2, 0.25) is 10.0 Å². The molecule has 0 bridgehead atoms. The van der Waals surface area contributed by atoms with Gasteiger partial charge in [-0.05, 0) is 54.2 Å². The quantitative estimate of drug-likeness (QED) is 0.608. The van der Waals surface area contributed by atoms with Gasteiger partial charge in [-0.25, -0.2) is 8.42 Å². The van der Waals surface area contributed by atoms with Crippen LogP contribution in [0.4, 0.5) is 0 Å². The number of Topliss-reactive ketones (excluding diaryl/α,β-unsaturated/α-hetero) is 1. The lowest BCUT2D eigenvalue weighted by atomic mass is 9.83. The summed E-state index contributed by atoms with van der Waals surface area (Å²) in [4.78, 5) is 24.2. The van der Waals surface area contributed by atoms with E-state index in [9.17, 15) is 18.0 Å². The third-order valence-corrected chi connectivity index (χ3v) is 7.68. The maximum Gasteiger partial charge on any atom is 0.324 e. The van der Waals surface area contributed by atoms with Crippen LogP contribution in [0.1, 0.15) is 25.7 Å². The smallest absolute Gasteiger partial charge is 0.324 e. The fourth-order valence-corrected chi connectivity index (χ4v) is 5.32. The van der Waals surface area contributed by atoms with Crippen LogP contribution in [-0.2, 0) is 24.3 Å². The lowest BCUT2D eigenvalue weighted by Gasteiger charge is -2.33. The minimum atomic E-state index is -3.94. The van der Waals surface area contributed by atoms with Gasteiger partial charge in [0.1, 0.15) is 17.6 Å². The van der Waals surface area contributed by atoms with E-state index in [1.165, 1.54) is 26.3 Å². The molecular formula is C23H27NO6S. The van der Waals surface area contributed by atoms with Crippen LogP contribution in [0.15, 0.2) is 53.4 Å². The number of methoxy groups -OCH3 is 2. The van der Waals surface area contributed by atoms with E-state index in [2.05, 4.69) is 0 Å². The van der Waals surface area contributed by atoms with Gasteiger partial charge in [0.15, 0.2) is 0 Å². The largest absolute Gasteiger partial charge is 0.497 e. The highest BCUT2D eigenvalue weighted by Gasteiger charge is 2.40. The minimum absolute atomic E-state index is 0.0908. The van der Waals surface area contributed by atoms with Crippen molar-refractivity contribution in [2.24, 2.45) is 5.92 Å². The number of carbonyl (C=O) groups excluding carboxylic acids is 2. The highest BCUT2D eigenvalue weighted by molar-refractivity contribution is 7.89. The molecule has 0 radical (unpaired) electrons. The van der Waals surface area contributed by atoms with E-state index in [0.29, 0.717) is 25.7 Å². The number of esters is 1. The zero-order valence-corrected chi connectivity index (χ0v) is 18.7. The second kappa shape index (κ2) is 9.62. The van der Waals surface area contributed by atoms with Gasteiger partial charge in [-0.2, -0.15) is 4.31 Å². The van der Waals surface area contributed by atoms with E-state index < -0.39 is 22.0 Å². The molecule has 8 heteroatoms. The molecule has 0 saturated heterocycles. The molecule has 1 saturated carbocycles. The summed E-state index contributed by atoms with van der Waals surface area (Å²) in [5, 5.41) is 0. The van der Waals surface area contributed by atoms with Crippen molar-refractivity contribution in [3.8, 4) is 16.9 Å². The molecule has 1 aliphatic rings. The molecule has 3 rings (SSSR count). The molecule has 1 fully saturated rings. The van der Waals surface area contributed by atoms with Gasteiger partial charge >= 0.3 is 5.97 Å². The lowest BCUT2D eigenvalue weighted by molar-refractivity contribution is -0.147. The summed E-state index contributed by atoms with van der Waals surface area (Å²) in [5.41, 5.74) is 1.79. The van der Waals surface area contributed by atoms with E-state index in [1.807, 2.05) is 24.3 Å². The molecule has 166 valence electrons. The molecular weight excluding hydrogens is 418 g/mol. The van der Waals surface area contributed by atoms with Crippen LogP contribution in [-0.4, -0.2) is 51.8 Å². The number of hydrogen-bond donors (Lipinski definition) is 0. The summed E-state index contributed by atoms with van der Waals surface area (Å²) in [6.07, 6.45) is 1.63. The van der Waals surface area contributed by atoms with Crippen molar-refractivity contribution >= 4 is 21.8 Å². The summed E-state index contributed by atoms with van der Waals surface area (Å²) >= 11 is 0. The van der Waals surface area contributed by atoms with Crippen LogP contribution in [0.25, 0.3) is 11.1 Å². The predicted octanol–water partition coefficient (Wildman–Crippen LogP) is 3.28. The standard InChI is InChI=1S/C23H27NO6S/c1-24(22(23(26)30-3)18-4-10-19(25)11-5-18)31(27,28)21-14-8-17(9-15-21)16-6-12-20(29-2)13-7-16/h6-9,12-15,18,22H,4-5,10-11H2,1-3H3. The normalized spacial score (nSPS) is 16.2. The Labute approximate surface area is 183 Å². The van der Waals surface area contributed by atoms with Crippen molar-refractivity contribution < 1.29 is 27.5 Å². The molecule has 1 unspecified atom stereocenters. The van der Waals surface area contributed by atoms with Crippen molar-refractivity contribution in [3.63, 3.8) is 0 Å². The molecule has 1 atom stereocenters. The van der Waals surface area contributed by atoms with Crippen molar-refractivity contribution in [1.82, 2.24) is 4.31 Å². The second-order valence-corrected chi connectivity index (χ2v) is 9.62. The van der Waals surface area contributed by atoms with E-state index >= 15 is 0 Å². The topological polar surface area (TPSA) is 90.0 Å². The van der Waals surface area contributed by atoms with E-state index in [0.717, 1.165) is 21.2 Å². The van der Waals surface area contributed by atoms with Crippen LogP contribution < -0.4 is 4.74 Å². The first kappa shape index (κ1) is 23.0. The molecule has 2 aromatic carbocycles. The fourth-order valence-electron chi connectivity index (χ4n) is 3.95. The van der Waals surface area contributed by atoms with Gasteiger partial charge in [-0.3, -0.25) is 9.59 Å². The zero-order valence-electron chi connectivity index (χ0n) is 17.9. The third-order valence-electron chi connectivity index (χ3n) is 5.82. The fraction of sp³-hybridized carbons (Fsp3) is 0.391. The number of ketones is 1. The van der Waals surface area contributed by atoms with Crippen molar-refractivity contribution in [2.75, 3.05) is 21.3 Å². The summed E-state index contributed by atoms with van der Waals surface area (Å²) in [7, 11) is 0.294. The summed E-state index contributed by atoms with van der Waals surface area (Å²) in [5.74, 6) is 0.00566. The molecule has 0 aromatic heterocycles. The molecule has 7 nitrogen and oxygen atoms in total. The second-order valence-electron chi connectivity index (χ2n) is 7.62. The highest BCUT2D eigenvalue weighted by Crippen LogP contribution is 2.31. The number of carbonyl (C=O) groups is 2. The predicted molar refractivity (Wildman–Crippen MR) is 116 cm³/mol. The molecule has 0 aliphatic heterocycles. The van der Waals surface area contributed by atoms with Gasteiger partial charge in [0.25, 0.3) is 0 Å². The molecule has 1 aliphatic carbocycles. The van der Waals surface area contributed by atoms with Gasteiger partial charge in [-0.15, -0.1) is 0 Å². The molecule has 2 aromatic rings. The van der Waals surface area contributed by atoms with Gasteiger partial charge in [0, 0.05) is 19.9 Å². The number of benzene rings is 2. The molecule has 31 heavy (non-hydrogen) atoms. The third kappa shape index (κ3) is 4.97. The van der Waals surface area contributed by atoms with E-state index in [-0.39, 0.29) is 16.6 Å². The van der Waals surface area contributed by atoms with Crippen LogP contribution in [0, 0.1) is 5.92 Å². The Morgan fingerprint density at radius 1 is 0.968 bits per heavy atom. The number of rotatable bonds is 7. The van der Waals surface area contributed by atoms with Crippen LogP contribution in [0.2, 0.25) is 0 Å². The molecule has 0 N–H and O–H groups in total. The van der Waals surface area contributed by atoms with Gasteiger partial charge in [-0.1, -0.05) is 24.3 Å². The summed E-state index contributed by atoms with van der Waals surface area (Å²) in [6, 6.07) is 13.0. The average Bonchev–Trinajstić information content (AvgIpc) is 2.80. The first-order valence-corrected chi connectivity index (χ1v) is 11.5. The number of nitrogens with zero attached hydrogens (tertiary/aromatic N) is 1. The molecule has 0 amide bonds. The summed E-state index contributed by atoms with van der Waals surface area (Å²) < 4.78 is 37.7. The highest BCUT2D eigenvalue weighted by atomic mass is 32.2. The summed E-state index contributed by atoms with van der Waals surface area (Å²) in [6.45, 7) is 0. The molecule has 0 spiro atoms. The lowest BCUT2D eigenvalue weighted by Crippen LogP contribution is -2.48. The Morgan fingerprint density at radius 3 is 1.97 bits per heavy atom. The number of hydrogen-bond acceptors (Lipinski definition) is 6. The Kier molecular flexibility index (Phi) is 7.12. The Hall–Kier alpha value is -2.71. The number of likely N-dealkylation sites (N-methyl/N-ethyl adjacent to an activating group) is 1. The maximum absolute atomic E-state index is 13.3. The molecule has 0 heterocycles. The zero-order chi connectivity index (χ0) is 22.6. The van der Waals surface area contributed by atoms with E-state index in [1.54, 1.807) is 19.2 Å². The Balaban J connectivity index is 1.85. The Morgan fingerprint density at radius 2 is 1.48 bits per heavy atom.